The lowest BCUT2D eigenvalue weighted by atomic mass is 9.96. The van der Waals surface area contributed by atoms with Gasteiger partial charge in [-0.1, -0.05) is 54.6 Å². The van der Waals surface area contributed by atoms with E-state index in [0.717, 1.165) is 11.1 Å². The summed E-state index contributed by atoms with van der Waals surface area (Å²) in [5.74, 6) is -1.96. The zero-order valence-electron chi connectivity index (χ0n) is 19.2. The van der Waals surface area contributed by atoms with Gasteiger partial charge < -0.3 is 9.84 Å². The number of carbonyl (C=O) groups is 3. The highest BCUT2D eigenvalue weighted by atomic mass is 16.5. The summed E-state index contributed by atoms with van der Waals surface area (Å²) in [6.07, 6.45) is 1.08. The van der Waals surface area contributed by atoms with Gasteiger partial charge in [-0.05, 0) is 43.4 Å². The van der Waals surface area contributed by atoms with E-state index in [1.807, 2.05) is 42.5 Å². The number of ether oxygens (including phenoxy) is 1. The Morgan fingerprint density at radius 3 is 2.45 bits per heavy atom. The Labute approximate surface area is 194 Å². The van der Waals surface area contributed by atoms with E-state index in [9.17, 15) is 19.5 Å². The van der Waals surface area contributed by atoms with Gasteiger partial charge in [-0.15, -0.1) is 0 Å². The van der Waals surface area contributed by atoms with Crippen molar-refractivity contribution in [2.24, 2.45) is 0 Å². The summed E-state index contributed by atoms with van der Waals surface area (Å²) in [5, 5.41) is 15.9. The molecule has 1 aliphatic heterocycles. The Morgan fingerprint density at radius 1 is 1.12 bits per heavy atom. The van der Waals surface area contributed by atoms with E-state index in [1.165, 1.54) is 5.01 Å². The molecule has 0 bridgehead atoms. The summed E-state index contributed by atoms with van der Waals surface area (Å²) in [6.45, 7) is 4.02. The number of carboxylic acids is 1. The minimum atomic E-state index is -1.14. The number of hydrogen-bond acceptors (Lipinski definition) is 6. The lowest BCUT2D eigenvalue weighted by Crippen LogP contribution is -2.58. The molecular formula is C25H31N3O5. The van der Waals surface area contributed by atoms with Gasteiger partial charge in [0.15, 0.2) is 6.04 Å². The number of benzene rings is 2. The molecule has 8 nitrogen and oxygen atoms in total. The fraction of sp³-hybridized carbons (Fsp3) is 0.400. The van der Waals surface area contributed by atoms with Crippen LogP contribution in [0.15, 0.2) is 54.6 Å². The third kappa shape index (κ3) is 5.77. The summed E-state index contributed by atoms with van der Waals surface area (Å²) in [5.41, 5.74) is 2.53. The number of hydrazine groups is 1. The van der Waals surface area contributed by atoms with Crippen LogP contribution in [0.2, 0.25) is 0 Å². The number of nitrogens with one attached hydrogen (secondary N) is 1. The maximum absolute atomic E-state index is 13.4. The Kier molecular flexibility index (Phi) is 8.19. The summed E-state index contributed by atoms with van der Waals surface area (Å²) in [4.78, 5) is 38.2. The van der Waals surface area contributed by atoms with E-state index in [4.69, 9.17) is 4.74 Å². The molecular weight excluding hydrogens is 422 g/mol. The average Bonchev–Trinajstić information content (AvgIpc) is 2.80. The van der Waals surface area contributed by atoms with Crippen LogP contribution in [-0.2, 0) is 32.1 Å². The topological polar surface area (TPSA) is 99.2 Å². The van der Waals surface area contributed by atoms with Crippen molar-refractivity contribution >= 4 is 17.8 Å². The Balaban J connectivity index is 1.78. The van der Waals surface area contributed by atoms with Crippen LogP contribution in [0.3, 0.4) is 0 Å². The molecule has 2 aromatic carbocycles. The molecule has 0 saturated heterocycles. The van der Waals surface area contributed by atoms with Crippen LogP contribution in [0.1, 0.15) is 43.0 Å². The van der Waals surface area contributed by atoms with Crippen LogP contribution in [0.5, 0.6) is 0 Å². The number of esters is 1. The minimum absolute atomic E-state index is 0.234. The third-order valence-electron chi connectivity index (χ3n) is 5.78. The summed E-state index contributed by atoms with van der Waals surface area (Å²) in [6, 6.07) is 14.3. The molecule has 0 aromatic heterocycles. The molecule has 2 N–H and O–H groups in total. The van der Waals surface area contributed by atoms with Gasteiger partial charge in [-0.3, -0.25) is 19.9 Å². The standard InChI is InChI=1S/C25H31N3O5/c1-4-33-25(32)21(15-14-18-10-6-5-7-11-18)26-17(2)23(29)28-22(24(30)31)20-13-9-8-12-19(20)16-27(28)3/h5-13,17,21-22,26H,4,14-16H2,1-3H3,(H,30,31)/t17-,21-,22?/m0/s1. The maximum Gasteiger partial charge on any atom is 0.332 e. The predicted octanol–water partition coefficient (Wildman–Crippen LogP) is 2.54. The molecule has 0 saturated carbocycles. The van der Waals surface area contributed by atoms with E-state index in [-0.39, 0.29) is 6.61 Å². The Morgan fingerprint density at radius 2 is 1.79 bits per heavy atom. The quantitative estimate of drug-likeness (QED) is 0.563. The minimum Gasteiger partial charge on any atom is -0.479 e. The molecule has 1 unspecified atom stereocenters. The average molecular weight is 454 g/mol. The molecule has 0 radical (unpaired) electrons. The SMILES string of the molecule is CCOC(=O)[C@H](CCc1ccccc1)N[C@@H](C)C(=O)N1C(C(=O)O)c2ccccc2CN1C. The highest BCUT2D eigenvalue weighted by Crippen LogP contribution is 2.32. The first-order valence-electron chi connectivity index (χ1n) is 11.1. The van der Waals surface area contributed by atoms with Crippen LogP contribution in [0, 0.1) is 0 Å². The number of carbonyl (C=O) groups excluding carboxylic acids is 2. The van der Waals surface area contributed by atoms with Crippen molar-refractivity contribution in [3.8, 4) is 0 Å². The highest BCUT2D eigenvalue weighted by Gasteiger charge is 2.41. The summed E-state index contributed by atoms with van der Waals surface area (Å²) >= 11 is 0. The lowest BCUT2D eigenvalue weighted by molar-refractivity contribution is -0.172. The molecule has 0 spiro atoms. The second-order valence-corrected chi connectivity index (χ2v) is 8.16. The maximum atomic E-state index is 13.4. The first-order chi connectivity index (χ1) is 15.8. The van der Waals surface area contributed by atoms with E-state index in [2.05, 4.69) is 5.32 Å². The third-order valence-corrected chi connectivity index (χ3v) is 5.78. The van der Waals surface area contributed by atoms with Gasteiger partial charge in [0.2, 0.25) is 0 Å². The normalized spacial score (nSPS) is 17.7. The van der Waals surface area contributed by atoms with Crippen LogP contribution < -0.4 is 5.32 Å². The van der Waals surface area contributed by atoms with E-state index in [1.54, 1.807) is 38.0 Å². The molecule has 8 heteroatoms. The highest BCUT2D eigenvalue weighted by molar-refractivity contribution is 5.88. The fourth-order valence-electron chi connectivity index (χ4n) is 4.17. The lowest BCUT2D eigenvalue weighted by Gasteiger charge is -2.42. The smallest absolute Gasteiger partial charge is 0.332 e. The molecule has 176 valence electrons. The van der Waals surface area contributed by atoms with Gasteiger partial charge >= 0.3 is 11.9 Å². The largest absolute Gasteiger partial charge is 0.479 e. The number of carboxylic acid groups (broad SMARTS) is 1. The van der Waals surface area contributed by atoms with Gasteiger partial charge in [0.25, 0.3) is 5.91 Å². The van der Waals surface area contributed by atoms with E-state index in [0.29, 0.717) is 24.9 Å². The van der Waals surface area contributed by atoms with E-state index < -0.39 is 36.0 Å². The molecule has 33 heavy (non-hydrogen) atoms. The number of hydrogen-bond donors (Lipinski definition) is 2. The Bertz CT molecular complexity index is 981. The van der Waals surface area contributed by atoms with Crippen molar-refractivity contribution < 1.29 is 24.2 Å². The van der Waals surface area contributed by atoms with Crippen molar-refractivity contribution in [2.75, 3.05) is 13.7 Å². The molecule has 0 aliphatic carbocycles. The van der Waals surface area contributed by atoms with Crippen molar-refractivity contribution in [3.05, 3.63) is 71.3 Å². The summed E-state index contributed by atoms with van der Waals surface area (Å²) < 4.78 is 5.21. The van der Waals surface area contributed by atoms with Crippen molar-refractivity contribution in [1.29, 1.82) is 0 Å². The van der Waals surface area contributed by atoms with Gasteiger partial charge in [0.05, 0.1) is 12.6 Å². The van der Waals surface area contributed by atoms with Crippen LogP contribution in [0.4, 0.5) is 0 Å². The number of nitrogens with zero attached hydrogens (tertiary/aromatic N) is 2. The fourth-order valence-corrected chi connectivity index (χ4v) is 4.17. The molecule has 1 heterocycles. The second-order valence-electron chi connectivity index (χ2n) is 8.16. The molecule has 0 fully saturated rings. The van der Waals surface area contributed by atoms with Crippen LogP contribution >= 0.6 is 0 Å². The van der Waals surface area contributed by atoms with Crippen molar-refractivity contribution in [3.63, 3.8) is 0 Å². The van der Waals surface area contributed by atoms with Gasteiger partial charge in [0.1, 0.15) is 6.04 Å². The summed E-state index contributed by atoms with van der Waals surface area (Å²) in [7, 11) is 1.69. The van der Waals surface area contributed by atoms with Crippen LogP contribution in [0.25, 0.3) is 0 Å². The predicted molar refractivity (Wildman–Crippen MR) is 123 cm³/mol. The zero-order valence-corrected chi connectivity index (χ0v) is 19.2. The van der Waals surface area contributed by atoms with Gasteiger partial charge in [0, 0.05) is 13.6 Å². The van der Waals surface area contributed by atoms with Gasteiger partial charge in [-0.2, -0.15) is 0 Å². The number of aryl methyl sites for hydroxylation is 1. The van der Waals surface area contributed by atoms with Crippen molar-refractivity contribution in [2.45, 2.75) is 51.4 Å². The monoisotopic (exact) mass is 453 g/mol. The Hall–Kier alpha value is -3.23. The van der Waals surface area contributed by atoms with Gasteiger partial charge in [-0.25, -0.2) is 9.80 Å². The number of amides is 1. The molecule has 1 amide bonds. The molecule has 1 aliphatic rings. The second kappa shape index (κ2) is 11.1. The number of fused-ring (bicyclic) bond motifs is 1. The number of rotatable bonds is 9. The van der Waals surface area contributed by atoms with E-state index >= 15 is 0 Å². The molecule has 3 atom stereocenters. The molecule has 3 rings (SSSR count). The zero-order chi connectivity index (χ0) is 24.0. The first kappa shape index (κ1) is 24.4. The van der Waals surface area contributed by atoms with Crippen LogP contribution in [-0.4, -0.2) is 58.7 Å². The number of aliphatic carboxylic acids is 1. The molecule has 2 aromatic rings. The van der Waals surface area contributed by atoms with Crippen molar-refractivity contribution in [1.82, 2.24) is 15.3 Å². The first-order valence-corrected chi connectivity index (χ1v) is 11.1.